The van der Waals surface area contributed by atoms with E-state index in [1.807, 2.05) is 12.3 Å². The molecule has 1 aromatic heterocycles. The van der Waals surface area contributed by atoms with E-state index in [0.717, 1.165) is 13.1 Å². The van der Waals surface area contributed by atoms with Gasteiger partial charge in [0.15, 0.2) is 0 Å². The minimum atomic E-state index is 0.646. The normalized spacial score (nSPS) is 10.5. The maximum atomic E-state index is 5.74. The summed E-state index contributed by atoms with van der Waals surface area (Å²) >= 11 is 0. The molecule has 2 aromatic rings. The highest BCUT2D eigenvalue weighted by atomic mass is 15.1. The van der Waals surface area contributed by atoms with Crippen molar-refractivity contribution < 1.29 is 0 Å². The van der Waals surface area contributed by atoms with E-state index in [4.69, 9.17) is 5.73 Å². The number of nitrogens with zero attached hydrogens (tertiary/aromatic N) is 2. The Morgan fingerprint density at radius 3 is 2.68 bits per heavy atom. The molecule has 19 heavy (non-hydrogen) atoms. The van der Waals surface area contributed by atoms with Crippen molar-refractivity contribution in [1.82, 2.24) is 4.98 Å². The fraction of sp³-hybridized carbons (Fsp3) is 0.312. The van der Waals surface area contributed by atoms with Crippen molar-refractivity contribution in [2.75, 3.05) is 18.0 Å². The molecule has 0 atom stereocenters. The number of benzene rings is 1. The molecule has 0 aliphatic carbocycles. The Morgan fingerprint density at radius 2 is 2.05 bits per heavy atom. The Hall–Kier alpha value is -1.87. The van der Waals surface area contributed by atoms with Gasteiger partial charge in [-0.3, -0.25) is 4.98 Å². The van der Waals surface area contributed by atoms with Crippen LogP contribution in [0.1, 0.15) is 16.7 Å². The van der Waals surface area contributed by atoms with Crippen LogP contribution in [0.25, 0.3) is 0 Å². The predicted molar refractivity (Wildman–Crippen MR) is 80.3 cm³/mol. The van der Waals surface area contributed by atoms with E-state index in [9.17, 15) is 0 Å². The third-order valence-electron chi connectivity index (χ3n) is 3.19. The molecule has 1 heterocycles. The van der Waals surface area contributed by atoms with Gasteiger partial charge in [-0.1, -0.05) is 23.8 Å². The second-order valence-electron chi connectivity index (χ2n) is 4.86. The minimum Gasteiger partial charge on any atom is -0.366 e. The van der Waals surface area contributed by atoms with E-state index in [1.54, 1.807) is 6.20 Å². The lowest BCUT2D eigenvalue weighted by atomic mass is 10.1. The quantitative estimate of drug-likeness (QED) is 0.893. The highest BCUT2D eigenvalue weighted by Crippen LogP contribution is 2.22. The number of anilines is 1. The molecule has 0 fully saturated rings. The lowest BCUT2D eigenvalue weighted by molar-refractivity contribution is 0.784. The first-order valence-electron chi connectivity index (χ1n) is 6.62. The highest BCUT2D eigenvalue weighted by molar-refractivity contribution is 5.54. The summed E-state index contributed by atoms with van der Waals surface area (Å²) in [5.41, 5.74) is 10.8. The lowest BCUT2D eigenvalue weighted by Gasteiger charge is -2.26. The second kappa shape index (κ2) is 6.34. The number of nitrogens with two attached hydrogens (primary N) is 1. The smallest absolute Gasteiger partial charge is 0.0445 e. The predicted octanol–water partition coefficient (Wildman–Crippen LogP) is 2.66. The van der Waals surface area contributed by atoms with Crippen LogP contribution in [0.3, 0.4) is 0 Å². The van der Waals surface area contributed by atoms with Crippen molar-refractivity contribution in [1.29, 1.82) is 0 Å². The molecule has 3 nitrogen and oxygen atoms in total. The van der Waals surface area contributed by atoms with Crippen LogP contribution >= 0.6 is 0 Å². The third kappa shape index (κ3) is 3.55. The largest absolute Gasteiger partial charge is 0.366 e. The third-order valence-corrected chi connectivity index (χ3v) is 3.19. The van der Waals surface area contributed by atoms with Crippen LogP contribution in [0.2, 0.25) is 0 Å². The van der Waals surface area contributed by atoms with Gasteiger partial charge in [0.2, 0.25) is 0 Å². The Labute approximate surface area is 115 Å². The maximum absolute atomic E-state index is 5.74. The maximum Gasteiger partial charge on any atom is 0.0445 e. The first-order chi connectivity index (χ1) is 9.20. The topological polar surface area (TPSA) is 42.1 Å². The van der Waals surface area contributed by atoms with E-state index < -0.39 is 0 Å². The van der Waals surface area contributed by atoms with Gasteiger partial charge in [0.05, 0.1) is 0 Å². The molecule has 0 saturated heterocycles. The molecule has 100 valence electrons. The van der Waals surface area contributed by atoms with E-state index in [-0.39, 0.29) is 0 Å². The number of pyridine rings is 1. The molecule has 0 spiro atoms. The highest BCUT2D eigenvalue weighted by Gasteiger charge is 2.09. The van der Waals surface area contributed by atoms with Gasteiger partial charge in [-0.15, -0.1) is 0 Å². The summed E-state index contributed by atoms with van der Waals surface area (Å²) in [5.74, 6) is 0. The van der Waals surface area contributed by atoms with Crippen LogP contribution in [0.5, 0.6) is 0 Å². The van der Waals surface area contributed by atoms with Gasteiger partial charge in [0, 0.05) is 37.7 Å². The Balaban J connectivity index is 2.24. The molecular formula is C16H21N3. The molecule has 0 unspecified atom stereocenters. The molecule has 2 rings (SSSR count). The first-order valence-corrected chi connectivity index (χ1v) is 6.62. The summed E-state index contributed by atoms with van der Waals surface area (Å²) in [5, 5.41) is 0. The molecule has 2 N–H and O–H groups in total. The Morgan fingerprint density at radius 1 is 1.21 bits per heavy atom. The van der Waals surface area contributed by atoms with Gasteiger partial charge in [-0.05, 0) is 37.1 Å². The molecule has 0 amide bonds. The van der Waals surface area contributed by atoms with Gasteiger partial charge < -0.3 is 10.6 Å². The van der Waals surface area contributed by atoms with Crippen molar-refractivity contribution in [2.45, 2.75) is 20.4 Å². The molecule has 0 saturated carbocycles. The Kier molecular flexibility index (Phi) is 4.53. The average Bonchev–Trinajstić information content (AvgIpc) is 2.39. The number of hydrogen-bond donors (Lipinski definition) is 1. The zero-order valence-corrected chi connectivity index (χ0v) is 11.6. The summed E-state index contributed by atoms with van der Waals surface area (Å²) in [6, 6.07) is 10.6. The monoisotopic (exact) mass is 255 g/mol. The van der Waals surface area contributed by atoms with Crippen LogP contribution in [0.15, 0.2) is 42.7 Å². The van der Waals surface area contributed by atoms with Crippen molar-refractivity contribution in [3.8, 4) is 0 Å². The van der Waals surface area contributed by atoms with E-state index >= 15 is 0 Å². The number of aromatic nitrogens is 1. The molecule has 0 aliphatic rings. The molecule has 0 radical (unpaired) electrons. The Bertz CT molecular complexity index is 523. The minimum absolute atomic E-state index is 0.646. The number of hydrogen-bond acceptors (Lipinski definition) is 3. The van der Waals surface area contributed by atoms with Crippen LogP contribution in [0.4, 0.5) is 5.69 Å². The zero-order valence-electron chi connectivity index (χ0n) is 11.6. The number of rotatable bonds is 5. The summed E-state index contributed by atoms with van der Waals surface area (Å²) in [7, 11) is 0. The SMILES string of the molecule is Cc1ccc(N(CCN)Cc2cccnc2)c(C)c1. The van der Waals surface area contributed by atoms with E-state index in [1.165, 1.54) is 22.4 Å². The van der Waals surface area contributed by atoms with Gasteiger partial charge in [-0.25, -0.2) is 0 Å². The van der Waals surface area contributed by atoms with E-state index in [0.29, 0.717) is 6.54 Å². The molecule has 0 bridgehead atoms. The van der Waals surface area contributed by atoms with Crippen LogP contribution in [-0.2, 0) is 6.54 Å². The van der Waals surface area contributed by atoms with Crippen molar-refractivity contribution >= 4 is 5.69 Å². The molecule has 1 aromatic carbocycles. The number of aryl methyl sites for hydroxylation is 2. The first kappa shape index (κ1) is 13.6. The van der Waals surface area contributed by atoms with Crippen LogP contribution < -0.4 is 10.6 Å². The summed E-state index contributed by atoms with van der Waals surface area (Å²) in [4.78, 5) is 6.48. The second-order valence-corrected chi connectivity index (χ2v) is 4.86. The van der Waals surface area contributed by atoms with Gasteiger partial charge in [0.1, 0.15) is 0 Å². The summed E-state index contributed by atoms with van der Waals surface area (Å²) in [6.45, 7) is 6.60. The van der Waals surface area contributed by atoms with Crippen LogP contribution in [-0.4, -0.2) is 18.1 Å². The fourth-order valence-corrected chi connectivity index (χ4v) is 2.31. The summed E-state index contributed by atoms with van der Waals surface area (Å²) < 4.78 is 0. The van der Waals surface area contributed by atoms with Crippen LogP contribution in [0, 0.1) is 13.8 Å². The van der Waals surface area contributed by atoms with Gasteiger partial charge >= 0.3 is 0 Å². The van der Waals surface area contributed by atoms with Crippen molar-refractivity contribution in [2.24, 2.45) is 5.73 Å². The standard InChI is InChI=1S/C16H21N3/c1-13-5-6-16(14(2)10-13)19(9-7-17)12-15-4-3-8-18-11-15/h3-6,8,10-11H,7,9,12,17H2,1-2H3. The lowest BCUT2D eigenvalue weighted by Crippen LogP contribution is -2.29. The van der Waals surface area contributed by atoms with Crippen molar-refractivity contribution in [3.05, 3.63) is 59.4 Å². The molecule has 0 aliphatic heterocycles. The van der Waals surface area contributed by atoms with Gasteiger partial charge in [0.25, 0.3) is 0 Å². The molecule has 3 heteroatoms. The average molecular weight is 255 g/mol. The van der Waals surface area contributed by atoms with E-state index in [2.05, 4.69) is 48.0 Å². The van der Waals surface area contributed by atoms with Crippen molar-refractivity contribution in [3.63, 3.8) is 0 Å². The fourth-order valence-electron chi connectivity index (χ4n) is 2.31. The van der Waals surface area contributed by atoms with Gasteiger partial charge in [-0.2, -0.15) is 0 Å². The zero-order chi connectivity index (χ0) is 13.7. The summed E-state index contributed by atoms with van der Waals surface area (Å²) in [6.07, 6.45) is 3.71. The molecular weight excluding hydrogens is 234 g/mol.